The van der Waals surface area contributed by atoms with Crippen molar-refractivity contribution in [2.24, 2.45) is 0 Å². The fraction of sp³-hybridized carbons (Fsp3) is 0.333. The van der Waals surface area contributed by atoms with Crippen molar-refractivity contribution in [1.82, 2.24) is 25.1 Å². The molecule has 0 saturated carbocycles. The summed E-state index contributed by atoms with van der Waals surface area (Å²) in [6.45, 7) is 0.775. The highest BCUT2D eigenvalue weighted by Gasteiger charge is 2.00. The van der Waals surface area contributed by atoms with Crippen molar-refractivity contribution in [3.63, 3.8) is 0 Å². The van der Waals surface area contributed by atoms with Crippen LogP contribution in [0.3, 0.4) is 0 Å². The predicted molar refractivity (Wildman–Crippen MR) is 60.2 cm³/mol. The first-order valence-electron chi connectivity index (χ1n) is 4.90. The van der Waals surface area contributed by atoms with Crippen LogP contribution in [0.5, 0.6) is 0 Å². The van der Waals surface area contributed by atoms with Crippen LogP contribution in [0.2, 0.25) is 5.02 Å². The van der Waals surface area contributed by atoms with E-state index in [1.807, 2.05) is 0 Å². The van der Waals surface area contributed by atoms with Crippen LogP contribution in [0, 0.1) is 0 Å². The molecule has 2 aromatic heterocycles. The van der Waals surface area contributed by atoms with Gasteiger partial charge in [0.15, 0.2) is 0 Å². The number of H-pyrrole nitrogens is 1. The fourth-order valence-corrected chi connectivity index (χ4v) is 1.43. The predicted octanol–water partition coefficient (Wildman–Crippen LogP) is 1.29. The van der Waals surface area contributed by atoms with Gasteiger partial charge in [0.2, 0.25) is 0 Å². The molecule has 0 spiro atoms. The molecule has 0 atom stereocenters. The lowest BCUT2D eigenvalue weighted by molar-refractivity contribution is 0.803. The minimum atomic E-state index is 0.530. The molecule has 0 amide bonds. The molecule has 0 saturated heterocycles. The first-order valence-corrected chi connectivity index (χ1v) is 5.27. The molecule has 6 nitrogen and oxygen atoms in total. The van der Waals surface area contributed by atoms with Gasteiger partial charge < -0.3 is 5.32 Å². The molecule has 0 aliphatic carbocycles. The van der Waals surface area contributed by atoms with E-state index in [2.05, 4.69) is 30.5 Å². The van der Waals surface area contributed by atoms with Gasteiger partial charge in [-0.1, -0.05) is 11.6 Å². The molecule has 7 heteroatoms. The number of aromatic nitrogens is 5. The average Bonchev–Trinajstić information content (AvgIpc) is 2.79. The third-order valence-electron chi connectivity index (χ3n) is 2.02. The number of rotatable bonds is 5. The fourth-order valence-electron chi connectivity index (χ4n) is 1.26. The van der Waals surface area contributed by atoms with Crippen molar-refractivity contribution in [2.45, 2.75) is 12.8 Å². The van der Waals surface area contributed by atoms with Crippen LogP contribution in [0.1, 0.15) is 12.2 Å². The molecule has 84 valence electrons. The average molecular weight is 239 g/mol. The van der Waals surface area contributed by atoms with Crippen molar-refractivity contribution in [3.8, 4) is 0 Å². The second-order valence-electron chi connectivity index (χ2n) is 3.18. The van der Waals surface area contributed by atoms with Crippen LogP contribution in [-0.2, 0) is 6.42 Å². The summed E-state index contributed by atoms with van der Waals surface area (Å²) in [6.07, 6.45) is 6.30. The van der Waals surface area contributed by atoms with E-state index in [0.29, 0.717) is 10.8 Å². The van der Waals surface area contributed by atoms with Crippen LogP contribution < -0.4 is 5.32 Å². The van der Waals surface area contributed by atoms with E-state index in [9.17, 15) is 0 Å². The largest absolute Gasteiger partial charge is 0.369 e. The first kappa shape index (κ1) is 10.8. The van der Waals surface area contributed by atoms with Gasteiger partial charge in [0.05, 0.1) is 6.20 Å². The maximum Gasteiger partial charge on any atom is 0.148 e. The number of hydrogen-bond donors (Lipinski definition) is 2. The number of nitrogens with one attached hydrogen (secondary N) is 2. The van der Waals surface area contributed by atoms with Gasteiger partial charge in [0.25, 0.3) is 0 Å². The summed E-state index contributed by atoms with van der Waals surface area (Å²) in [4.78, 5) is 11.9. The minimum absolute atomic E-state index is 0.530. The van der Waals surface area contributed by atoms with Crippen LogP contribution >= 0.6 is 11.6 Å². The van der Waals surface area contributed by atoms with Crippen LogP contribution in [-0.4, -0.2) is 31.7 Å². The van der Waals surface area contributed by atoms with Crippen LogP contribution in [0.4, 0.5) is 5.82 Å². The monoisotopic (exact) mass is 238 g/mol. The van der Waals surface area contributed by atoms with Gasteiger partial charge in [-0.25, -0.2) is 15.0 Å². The Kier molecular flexibility index (Phi) is 3.66. The standard InChI is InChI=1S/C9H11ClN6/c10-7-4-11-5-14-9(7)12-3-1-2-8-13-6-15-16-8/h4-6H,1-3H2,(H,11,12,14)(H,13,15,16). The van der Waals surface area contributed by atoms with E-state index in [1.54, 1.807) is 6.20 Å². The second-order valence-corrected chi connectivity index (χ2v) is 3.59. The van der Waals surface area contributed by atoms with Crippen molar-refractivity contribution in [2.75, 3.05) is 11.9 Å². The van der Waals surface area contributed by atoms with Gasteiger partial charge in [0, 0.05) is 13.0 Å². The number of halogens is 1. The van der Waals surface area contributed by atoms with Gasteiger partial charge >= 0.3 is 0 Å². The summed E-state index contributed by atoms with van der Waals surface area (Å²) in [5.41, 5.74) is 0. The van der Waals surface area contributed by atoms with E-state index in [-0.39, 0.29) is 0 Å². The lowest BCUT2D eigenvalue weighted by atomic mass is 10.3. The molecule has 0 radical (unpaired) electrons. The zero-order chi connectivity index (χ0) is 11.2. The molecular weight excluding hydrogens is 228 g/mol. The van der Waals surface area contributed by atoms with Gasteiger partial charge in [-0.2, -0.15) is 5.10 Å². The third kappa shape index (κ3) is 2.90. The number of anilines is 1. The normalized spacial score (nSPS) is 10.3. The van der Waals surface area contributed by atoms with Crippen LogP contribution in [0.25, 0.3) is 0 Å². The van der Waals surface area contributed by atoms with Gasteiger partial charge in [-0.15, -0.1) is 0 Å². The molecule has 0 aromatic carbocycles. The summed E-state index contributed by atoms with van der Waals surface area (Å²) < 4.78 is 0. The van der Waals surface area contributed by atoms with Crippen molar-refractivity contribution in [1.29, 1.82) is 0 Å². The molecule has 2 N–H and O–H groups in total. The number of aromatic amines is 1. The summed E-state index contributed by atoms with van der Waals surface area (Å²) in [5, 5.41) is 10.2. The summed E-state index contributed by atoms with van der Waals surface area (Å²) in [5.74, 6) is 1.55. The highest BCUT2D eigenvalue weighted by atomic mass is 35.5. The Morgan fingerprint density at radius 3 is 3.00 bits per heavy atom. The van der Waals surface area contributed by atoms with Gasteiger partial charge in [-0.3, -0.25) is 5.10 Å². The first-order chi connectivity index (χ1) is 7.86. The molecular formula is C9H11ClN6. The quantitative estimate of drug-likeness (QED) is 0.768. The van der Waals surface area contributed by atoms with Crippen molar-refractivity contribution >= 4 is 17.4 Å². The van der Waals surface area contributed by atoms with Crippen molar-refractivity contribution < 1.29 is 0 Å². The maximum atomic E-state index is 5.89. The lowest BCUT2D eigenvalue weighted by Gasteiger charge is -2.05. The zero-order valence-corrected chi connectivity index (χ0v) is 9.28. The number of aryl methyl sites for hydroxylation is 1. The topological polar surface area (TPSA) is 79.4 Å². The summed E-state index contributed by atoms with van der Waals surface area (Å²) in [6, 6.07) is 0. The Balaban J connectivity index is 1.74. The molecule has 0 bridgehead atoms. The second kappa shape index (κ2) is 5.41. The summed E-state index contributed by atoms with van der Waals surface area (Å²) in [7, 11) is 0. The Morgan fingerprint density at radius 1 is 1.31 bits per heavy atom. The molecule has 2 aromatic rings. The van der Waals surface area contributed by atoms with E-state index in [1.165, 1.54) is 12.7 Å². The minimum Gasteiger partial charge on any atom is -0.369 e. The molecule has 0 aliphatic rings. The summed E-state index contributed by atoms with van der Waals surface area (Å²) >= 11 is 5.89. The van der Waals surface area contributed by atoms with E-state index >= 15 is 0 Å². The van der Waals surface area contributed by atoms with Gasteiger partial charge in [0.1, 0.15) is 29.3 Å². The Bertz CT molecular complexity index is 429. The van der Waals surface area contributed by atoms with E-state index < -0.39 is 0 Å². The molecule has 16 heavy (non-hydrogen) atoms. The van der Waals surface area contributed by atoms with E-state index in [4.69, 9.17) is 11.6 Å². The molecule has 0 fully saturated rings. The Morgan fingerprint density at radius 2 is 2.25 bits per heavy atom. The molecule has 2 heterocycles. The lowest BCUT2D eigenvalue weighted by Crippen LogP contribution is -2.05. The van der Waals surface area contributed by atoms with Gasteiger partial charge in [-0.05, 0) is 6.42 Å². The number of hydrogen-bond acceptors (Lipinski definition) is 5. The maximum absolute atomic E-state index is 5.89. The number of nitrogens with zero attached hydrogens (tertiary/aromatic N) is 4. The third-order valence-corrected chi connectivity index (χ3v) is 2.29. The Hall–Kier alpha value is -1.69. The molecule has 0 aliphatic heterocycles. The molecule has 0 unspecified atom stereocenters. The van der Waals surface area contributed by atoms with Crippen LogP contribution in [0.15, 0.2) is 18.9 Å². The van der Waals surface area contributed by atoms with E-state index in [0.717, 1.165) is 25.2 Å². The van der Waals surface area contributed by atoms with Crippen molar-refractivity contribution in [3.05, 3.63) is 29.7 Å². The highest BCUT2D eigenvalue weighted by molar-refractivity contribution is 6.32. The SMILES string of the molecule is Clc1cncnc1NCCCc1ncn[nH]1. The molecule has 2 rings (SSSR count). The Labute approximate surface area is 97.5 Å². The zero-order valence-electron chi connectivity index (χ0n) is 8.52. The smallest absolute Gasteiger partial charge is 0.148 e. The highest BCUT2D eigenvalue weighted by Crippen LogP contribution is 2.15.